The van der Waals surface area contributed by atoms with Crippen LogP contribution in [-0.2, 0) is 4.79 Å². The van der Waals surface area contributed by atoms with Gasteiger partial charge >= 0.3 is 0 Å². The van der Waals surface area contributed by atoms with Crippen molar-refractivity contribution in [1.29, 1.82) is 0 Å². The van der Waals surface area contributed by atoms with Crippen molar-refractivity contribution in [3.63, 3.8) is 0 Å². The number of likely N-dealkylation sites (tertiary alicyclic amines) is 1. The van der Waals surface area contributed by atoms with Gasteiger partial charge in [0.1, 0.15) is 6.54 Å². The summed E-state index contributed by atoms with van der Waals surface area (Å²) < 4.78 is 0. The van der Waals surface area contributed by atoms with Crippen molar-refractivity contribution < 1.29 is 14.4 Å². The van der Waals surface area contributed by atoms with Gasteiger partial charge in [-0.25, -0.2) is 0 Å². The second-order valence-corrected chi connectivity index (χ2v) is 6.32. The first kappa shape index (κ1) is 17.4. The zero-order chi connectivity index (χ0) is 15.9. The van der Waals surface area contributed by atoms with E-state index in [1.54, 1.807) is 29.2 Å². The van der Waals surface area contributed by atoms with Gasteiger partial charge in [-0.2, -0.15) is 0 Å². The molecule has 0 radical (unpaired) electrons. The molecule has 1 fully saturated rings. The van der Waals surface area contributed by atoms with E-state index in [1.807, 2.05) is 6.92 Å². The van der Waals surface area contributed by atoms with Crippen molar-refractivity contribution in [1.82, 2.24) is 9.80 Å². The molecule has 3 rings (SSSR count). The van der Waals surface area contributed by atoms with Crippen molar-refractivity contribution in [3.05, 3.63) is 35.4 Å². The van der Waals surface area contributed by atoms with Gasteiger partial charge in [-0.3, -0.25) is 19.3 Å². The number of hydrogen-bond donors (Lipinski definition) is 1. The molecule has 0 saturated carbocycles. The number of carbonyl (C=O) groups excluding carboxylic acids is 3. The van der Waals surface area contributed by atoms with Crippen LogP contribution in [0.25, 0.3) is 0 Å². The molecule has 2 heterocycles. The number of nitrogens with zero attached hydrogens (tertiary/aromatic N) is 2. The fourth-order valence-corrected chi connectivity index (χ4v) is 3.02. The Morgan fingerprint density at radius 1 is 1.22 bits per heavy atom. The van der Waals surface area contributed by atoms with Gasteiger partial charge in [0.2, 0.25) is 5.91 Å². The predicted octanol–water partition coefficient (Wildman–Crippen LogP) is 0.902. The van der Waals surface area contributed by atoms with Crippen LogP contribution in [0, 0.1) is 5.41 Å². The summed E-state index contributed by atoms with van der Waals surface area (Å²) in [5.41, 5.74) is 6.41. The Hall–Kier alpha value is -1.92. The summed E-state index contributed by atoms with van der Waals surface area (Å²) >= 11 is 0. The van der Waals surface area contributed by atoms with E-state index < -0.39 is 11.8 Å². The van der Waals surface area contributed by atoms with E-state index in [9.17, 15) is 14.4 Å². The number of hydrogen-bond acceptors (Lipinski definition) is 4. The molecule has 1 atom stereocenters. The Kier molecular flexibility index (Phi) is 4.77. The fourth-order valence-electron chi connectivity index (χ4n) is 3.02. The average Bonchev–Trinajstić information content (AvgIpc) is 3.03. The number of carbonyl (C=O) groups is 3. The first-order valence-electron chi connectivity index (χ1n) is 7.38. The molecule has 7 heteroatoms. The van der Waals surface area contributed by atoms with Crippen LogP contribution < -0.4 is 5.73 Å². The zero-order valence-electron chi connectivity index (χ0n) is 12.9. The zero-order valence-corrected chi connectivity index (χ0v) is 13.8. The van der Waals surface area contributed by atoms with Crippen LogP contribution in [0.1, 0.15) is 34.1 Å². The first-order chi connectivity index (χ1) is 10.4. The molecule has 2 aliphatic rings. The highest BCUT2D eigenvalue weighted by atomic mass is 35.5. The standard InChI is InChI=1S/C16H19N3O3.ClH/c1-16(9-17)6-7-18(10-16)13(20)8-19-14(21)11-4-2-3-5-12(11)15(19)22;/h2-5H,6-10,17H2,1H3;1H. The molecule has 0 spiro atoms. The van der Waals surface area contributed by atoms with E-state index in [0.29, 0.717) is 30.8 Å². The molecule has 0 aliphatic carbocycles. The van der Waals surface area contributed by atoms with Gasteiger partial charge in [-0.1, -0.05) is 19.1 Å². The lowest BCUT2D eigenvalue weighted by Gasteiger charge is -2.24. The maximum absolute atomic E-state index is 12.4. The van der Waals surface area contributed by atoms with Crippen LogP contribution >= 0.6 is 12.4 Å². The van der Waals surface area contributed by atoms with Crippen LogP contribution in [-0.4, -0.2) is 53.7 Å². The van der Waals surface area contributed by atoms with Crippen molar-refractivity contribution in [3.8, 4) is 0 Å². The van der Waals surface area contributed by atoms with Crippen LogP contribution in [0.4, 0.5) is 0 Å². The lowest BCUT2D eigenvalue weighted by molar-refractivity contribution is -0.130. The lowest BCUT2D eigenvalue weighted by Crippen LogP contribution is -2.43. The van der Waals surface area contributed by atoms with Crippen LogP contribution in [0.5, 0.6) is 0 Å². The monoisotopic (exact) mass is 337 g/mol. The molecule has 2 aliphatic heterocycles. The van der Waals surface area contributed by atoms with Crippen molar-refractivity contribution >= 4 is 30.1 Å². The van der Waals surface area contributed by atoms with E-state index in [2.05, 4.69) is 0 Å². The maximum Gasteiger partial charge on any atom is 0.262 e. The number of imide groups is 1. The fraction of sp³-hybridized carbons (Fsp3) is 0.438. The molecular formula is C16H20ClN3O3. The highest BCUT2D eigenvalue weighted by molar-refractivity contribution is 6.22. The topological polar surface area (TPSA) is 83.7 Å². The highest BCUT2D eigenvalue weighted by Crippen LogP contribution is 2.29. The minimum atomic E-state index is -0.394. The lowest BCUT2D eigenvalue weighted by atomic mass is 9.90. The van der Waals surface area contributed by atoms with Gasteiger partial charge in [0.15, 0.2) is 0 Å². The van der Waals surface area contributed by atoms with Crippen molar-refractivity contribution in [2.45, 2.75) is 13.3 Å². The molecule has 1 saturated heterocycles. The minimum Gasteiger partial charge on any atom is -0.341 e. The maximum atomic E-state index is 12.4. The van der Waals surface area contributed by atoms with E-state index in [0.717, 1.165) is 11.3 Å². The number of halogens is 1. The Morgan fingerprint density at radius 3 is 2.26 bits per heavy atom. The molecule has 124 valence electrons. The number of rotatable bonds is 3. The second-order valence-electron chi connectivity index (χ2n) is 6.32. The number of nitrogens with two attached hydrogens (primary N) is 1. The van der Waals surface area contributed by atoms with Gasteiger partial charge in [0.25, 0.3) is 11.8 Å². The summed E-state index contributed by atoms with van der Waals surface area (Å²) in [7, 11) is 0. The van der Waals surface area contributed by atoms with Crippen molar-refractivity contribution in [2.75, 3.05) is 26.2 Å². The summed E-state index contributed by atoms with van der Waals surface area (Å²) in [5.74, 6) is -0.990. The Bertz CT molecular complexity index is 629. The molecule has 23 heavy (non-hydrogen) atoms. The van der Waals surface area contributed by atoms with E-state index in [4.69, 9.17) is 5.73 Å². The molecule has 2 N–H and O–H groups in total. The van der Waals surface area contributed by atoms with Gasteiger partial charge in [0.05, 0.1) is 11.1 Å². The van der Waals surface area contributed by atoms with Gasteiger partial charge < -0.3 is 10.6 Å². The average molecular weight is 338 g/mol. The van der Waals surface area contributed by atoms with Gasteiger partial charge in [-0.05, 0) is 30.5 Å². The Balaban J connectivity index is 0.00000192. The third-order valence-electron chi connectivity index (χ3n) is 4.57. The largest absolute Gasteiger partial charge is 0.341 e. The van der Waals surface area contributed by atoms with E-state index in [-0.39, 0.29) is 30.3 Å². The van der Waals surface area contributed by atoms with Crippen LogP contribution in [0.3, 0.4) is 0 Å². The SMILES string of the molecule is CC1(CN)CCN(C(=O)CN2C(=O)c3ccccc3C2=O)C1.Cl. The summed E-state index contributed by atoms with van der Waals surface area (Å²) in [6.07, 6.45) is 0.845. The second kappa shape index (κ2) is 6.29. The van der Waals surface area contributed by atoms with Crippen molar-refractivity contribution in [2.24, 2.45) is 11.1 Å². The summed E-state index contributed by atoms with van der Waals surface area (Å²) in [6.45, 7) is 3.56. The number of fused-ring (bicyclic) bond motifs is 1. The predicted molar refractivity (Wildman–Crippen MR) is 87.4 cm³/mol. The minimum absolute atomic E-state index is 0. The van der Waals surface area contributed by atoms with Gasteiger partial charge in [-0.15, -0.1) is 12.4 Å². The molecule has 1 aromatic rings. The quantitative estimate of drug-likeness (QED) is 0.831. The number of amides is 3. The summed E-state index contributed by atoms with van der Waals surface area (Å²) in [4.78, 5) is 39.6. The van der Waals surface area contributed by atoms with Crippen LogP contribution in [0.2, 0.25) is 0 Å². The Morgan fingerprint density at radius 2 is 1.78 bits per heavy atom. The third-order valence-corrected chi connectivity index (χ3v) is 4.57. The Labute approximate surface area is 141 Å². The number of benzene rings is 1. The van der Waals surface area contributed by atoms with E-state index >= 15 is 0 Å². The summed E-state index contributed by atoms with van der Waals surface area (Å²) in [5, 5.41) is 0. The molecule has 3 amide bonds. The normalized spacial score (nSPS) is 23.0. The van der Waals surface area contributed by atoms with Gasteiger partial charge in [0, 0.05) is 13.1 Å². The molecule has 1 aromatic carbocycles. The van der Waals surface area contributed by atoms with Crippen LogP contribution in [0.15, 0.2) is 24.3 Å². The molecule has 1 unspecified atom stereocenters. The molecule has 0 bridgehead atoms. The molecular weight excluding hydrogens is 318 g/mol. The molecule has 6 nitrogen and oxygen atoms in total. The smallest absolute Gasteiger partial charge is 0.262 e. The highest BCUT2D eigenvalue weighted by Gasteiger charge is 2.39. The molecule has 0 aromatic heterocycles. The first-order valence-corrected chi connectivity index (χ1v) is 7.38. The van der Waals surface area contributed by atoms with E-state index in [1.165, 1.54) is 0 Å². The third kappa shape index (κ3) is 2.96. The summed E-state index contributed by atoms with van der Waals surface area (Å²) in [6, 6.07) is 6.65.